The second-order valence-electron chi connectivity index (χ2n) is 6.05. The number of rotatable bonds is 2. The second kappa shape index (κ2) is 5.24. The quantitative estimate of drug-likeness (QED) is 0.879. The van der Waals surface area contributed by atoms with Crippen molar-refractivity contribution in [2.75, 3.05) is 6.54 Å². The van der Waals surface area contributed by atoms with Crippen LogP contribution in [-0.2, 0) is 12.8 Å². The van der Waals surface area contributed by atoms with Crippen LogP contribution in [0.1, 0.15) is 47.6 Å². The third-order valence-electron chi connectivity index (χ3n) is 4.58. The Hall–Kier alpha value is -1.72. The smallest absolute Gasteiger partial charge is 0.243 e. The third kappa shape index (κ3) is 2.47. The summed E-state index contributed by atoms with van der Waals surface area (Å²) in [4.78, 5) is 4.57. The van der Waals surface area contributed by atoms with Gasteiger partial charge in [-0.3, -0.25) is 0 Å². The summed E-state index contributed by atoms with van der Waals surface area (Å²) in [5.41, 5.74) is 2.84. The van der Waals surface area contributed by atoms with Crippen LogP contribution in [0.25, 0.3) is 0 Å². The van der Waals surface area contributed by atoms with E-state index in [-0.39, 0.29) is 12.1 Å². The van der Waals surface area contributed by atoms with Gasteiger partial charge in [-0.25, -0.2) is 0 Å². The van der Waals surface area contributed by atoms with Crippen molar-refractivity contribution in [3.05, 3.63) is 47.1 Å². The predicted octanol–water partition coefficient (Wildman–Crippen LogP) is 1.74. The number of nitrogens with zero attached hydrogens (tertiary/aromatic N) is 2. The zero-order valence-corrected chi connectivity index (χ0v) is 11.8. The van der Waals surface area contributed by atoms with Gasteiger partial charge in [0.2, 0.25) is 5.89 Å². The molecule has 2 aromatic rings. The summed E-state index contributed by atoms with van der Waals surface area (Å²) in [6.07, 6.45) is 3.46. The number of fused-ring (bicyclic) bond motifs is 1. The SMILES string of the molecule is O[C@@H]1CN[C@H](c2nc(C3CCc4ccccc4C3)no2)C1. The maximum atomic E-state index is 9.57. The van der Waals surface area contributed by atoms with Crippen LogP contribution in [0, 0.1) is 0 Å². The van der Waals surface area contributed by atoms with E-state index in [1.54, 1.807) is 0 Å². The van der Waals surface area contributed by atoms with Crippen molar-refractivity contribution in [1.82, 2.24) is 15.5 Å². The predicted molar refractivity (Wildman–Crippen MR) is 76.9 cm³/mol. The Balaban J connectivity index is 1.52. The fourth-order valence-electron chi connectivity index (χ4n) is 3.38. The maximum absolute atomic E-state index is 9.57. The Morgan fingerprint density at radius 3 is 2.90 bits per heavy atom. The molecule has 5 heteroatoms. The van der Waals surface area contributed by atoms with Crippen LogP contribution in [0.5, 0.6) is 0 Å². The molecule has 0 radical (unpaired) electrons. The van der Waals surface area contributed by atoms with Crippen molar-refractivity contribution >= 4 is 0 Å². The molecule has 2 aliphatic rings. The molecule has 1 saturated heterocycles. The summed E-state index contributed by atoms with van der Waals surface area (Å²) in [5.74, 6) is 1.76. The van der Waals surface area contributed by atoms with Crippen molar-refractivity contribution in [1.29, 1.82) is 0 Å². The Morgan fingerprint density at radius 2 is 2.10 bits per heavy atom. The van der Waals surface area contributed by atoms with Gasteiger partial charge in [-0.1, -0.05) is 29.4 Å². The summed E-state index contributed by atoms with van der Waals surface area (Å²) >= 11 is 0. The second-order valence-corrected chi connectivity index (χ2v) is 6.05. The van der Waals surface area contributed by atoms with E-state index in [1.807, 2.05) is 0 Å². The Bertz CT molecular complexity index is 640. The molecule has 1 aliphatic heterocycles. The van der Waals surface area contributed by atoms with E-state index < -0.39 is 0 Å². The standard InChI is InChI=1S/C16H19N3O2/c20-13-8-14(17-9-13)16-18-15(19-21-16)12-6-5-10-3-1-2-4-11(10)7-12/h1-4,12-14,17,20H,5-9H2/t12?,13-,14-/m0/s1. The van der Waals surface area contributed by atoms with Crippen LogP contribution in [0.3, 0.4) is 0 Å². The molecule has 0 amide bonds. The number of aromatic nitrogens is 2. The third-order valence-corrected chi connectivity index (χ3v) is 4.58. The molecule has 5 nitrogen and oxygen atoms in total. The minimum Gasteiger partial charge on any atom is -0.392 e. The molecule has 1 aromatic carbocycles. The van der Waals surface area contributed by atoms with Crippen molar-refractivity contribution in [2.45, 2.75) is 43.7 Å². The van der Waals surface area contributed by atoms with Crippen LogP contribution in [-0.4, -0.2) is 27.9 Å². The van der Waals surface area contributed by atoms with E-state index in [2.05, 4.69) is 39.7 Å². The van der Waals surface area contributed by atoms with Gasteiger partial charge in [0.25, 0.3) is 0 Å². The molecule has 2 N–H and O–H groups in total. The molecule has 1 unspecified atom stereocenters. The van der Waals surface area contributed by atoms with Crippen molar-refractivity contribution in [2.24, 2.45) is 0 Å². The van der Waals surface area contributed by atoms with Gasteiger partial charge in [-0.2, -0.15) is 4.98 Å². The number of aliphatic hydroxyl groups excluding tert-OH is 1. The van der Waals surface area contributed by atoms with Gasteiger partial charge >= 0.3 is 0 Å². The Labute approximate surface area is 123 Å². The number of nitrogens with one attached hydrogen (secondary N) is 1. The van der Waals surface area contributed by atoms with Gasteiger partial charge in [-0.15, -0.1) is 0 Å². The molecule has 1 aromatic heterocycles. The fourth-order valence-corrected chi connectivity index (χ4v) is 3.38. The summed E-state index contributed by atoms with van der Waals surface area (Å²) in [6, 6.07) is 8.58. The van der Waals surface area contributed by atoms with Crippen LogP contribution in [0.4, 0.5) is 0 Å². The molecule has 1 fully saturated rings. The normalized spacial score (nSPS) is 28.5. The molecule has 3 atom stereocenters. The van der Waals surface area contributed by atoms with E-state index in [4.69, 9.17) is 4.52 Å². The largest absolute Gasteiger partial charge is 0.392 e. The van der Waals surface area contributed by atoms with Gasteiger partial charge in [0.05, 0.1) is 12.1 Å². The lowest BCUT2D eigenvalue weighted by Crippen LogP contribution is -2.16. The fraction of sp³-hybridized carbons (Fsp3) is 0.500. The lowest BCUT2D eigenvalue weighted by atomic mass is 9.83. The first-order chi connectivity index (χ1) is 10.3. The van der Waals surface area contributed by atoms with E-state index in [1.165, 1.54) is 11.1 Å². The van der Waals surface area contributed by atoms with Crippen LogP contribution in [0.15, 0.2) is 28.8 Å². The van der Waals surface area contributed by atoms with Crippen LogP contribution < -0.4 is 5.32 Å². The lowest BCUT2D eigenvalue weighted by molar-refractivity contribution is 0.191. The number of aliphatic hydroxyl groups is 1. The summed E-state index contributed by atoms with van der Waals surface area (Å²) < 4.78 is 5.40. The average molecular weight is 285 g/mol. The first kappa shape index (κ1) is 13.0. The number of hydrogen-bond acceptors (Lipinski definition) is 5. The van der Waals surface area contributed by atoms with Crippen molar-refractivity contribution < 1.29 is 9.63 Å². The van der Waals surface area contributed by atoms with Gasteiger partial charge < -0.3 is 14.9 Å². The van der Waals surface area contributed by atoms with Gasteiger partial charge in [0.15, 0.2) is 5.82 Å². The van der Waals surface area contributed by atoms with E-state index in [9.17, 15) is 5.11 Å². The summed E-state index contributed by atoms with van der Waals surface area (Å²) in [5, 5.41) is 17.0. The molecule has 0 saturated carbocycles. The number of β-amino-alcohol motifs (C(OH)–C–C–N with tert-alkyl or cyclic N) is 1. The Kier molecular flexibility index (Phi) is 3.24. The van der Waals surface area contributed by atoms with E-state index >= 15 is 0 Å². The molecule has 0 spiro atoms. The molecular weight excluding hydrogens is 266 g/mol. The molecule has 4 rings (SSSR count). The highest BCUT2D eigenvalue weighted by Gasteiger charge is 2.30. The van der Waals surface area contributed by atoms with Gasteiger partial charge in [-0.05, 0) is 36.8 Å². The van der Waals surface area contributed by atoms with Crippen LogP contribution in [0.2, 0.25) is 0 Å². The zero-order valence-electron chi connectivity index (χ0n) is 11.8. The molecule has 2 heterocycles. The number of benzene rings is 1. The van der Waals surface area contributed by atoms with Gasteiger partial charge in [0, 0.05) is 12.5 Å². The number of hydrogen-bond donors (Lipinski definition) is 2. The monoisotopic (exact) mass is 285 g/mol. The minimum absolute atomic E-state index is 0.00266. The molecule has 110 valence electrons. The topological polar surface area (TPSA) is 71.2 Å². The molecule has 21 heavy (non-hydrogen) atoms. The number of aryl methyl sites for hydroxylation is 1. The highest BCUT2D eigenvalue weighted by atomic mass is 16.5. The summed E-state index contributed by atoms with van der Waals surface area (Å²) in [6.45, 7) is 0.596. The van der Waals surface area contributed by atoms with Crippen molar-refractivity contribution in [3.63, 3.8) is 0 Å². The molecule has 0 bridgehead atoms. The molecular formula is C16H19N3O2. The highest BCUT2D eigenvalue weighted by Crippen LogP contribution is 2.32. The lowest BCUT2D eigenvalue weighted by Gasteiger charge is -2.21. The van der Waals surface area contributed by atoms with E-state index in [0.29, 0.717) is 24.8 Å². The summed E-state index contributed by atoms with van der Waals surface area (Å²) in [7, 11) is 0. The van der Waals surface area contributed by atoms with Crippen molar-refractivity contribution in [3.8, 4) is 0 Å². The molecule has 1 aliphatic carbocycles. The minimum atomic E-state index is -0.313. The van der Waals surface area contributed by atoms with Crippen LogP contribution >= 0.6 is 0 Å². The van der Waals surface area contributed by atoms with Gasteiger partial charge in [0.1, 0.15) is 0 Å². The average Bonchev–Trinajstić information content (AvgIpc) is 3.15. The van der Waals surface area contributed by atoms with E-state index in [0.717, 1.165) is 25.1 Å². The first-order valence-corrected chi connectivity index (χ1v) is 7.61. The zero-order chi connectivity index (χ0) is 14.2. The maximum Gasteiger partial charge on any atom is 0.243 e. The highest BCUT2D eigenvalue weighted by molar-refractivity contribution is 5.31. The Morgan fingerprint density at radius 1 is 1.24 bits per heavy atom. The first-order valence-electron chi connectivity index (χ1n) is 7.61.